The van der Waals surface area contributed by atoms with E-state index in [1.54, 1.807) is 29.3 Å². The summed E-state index contributed by atoms with van der Waals surface area (Å²) in [5.74, 6) is -0.292. The van der Waals surface area contributed by atoms with Crippen molar-refractivity contribution in [2.75, 3.05) is 16.8 Å². The molecule has 0 saturated carbocycles. The lowest BCUT2D eigenvalue weighted by Crippen LogP contribution is -2.24. The minimum Gasteiger partial charge on any atom is -0.319 e. The summed E-state index contributed by atoms with van der Waals surface area (Å²) < 4.78 is 0. The van der Waals surface area contributed by atoms with Gasteiger partial charge in [-0.05, 0) is 24.6 Å². The maximum absolute atomic E-state index is 12.7. The number of thiazole rings is 1. The molecule has 9 heteroatoms. The van der Waals surface area contributed by atoms with Crippen molar-refractivity contribution in [3.8, 4) is 10.7 Å². The average molecular weight is 388 g/mol. The fraction of sp³-hybridized carbons (Fsp3) is 0.176. The van der Waals surface area contributed by atoms with E-state index in [0.29, 0.717) is 40.6 Å². The molecule has 0 atom stereocenters. The van der Waals surface area contributed by atoms with Crippen LogP contribution in [0, 0.1) is 0 Å². The van der Waals surface area contributed by atoms with Gasteiger partial charge in [0.25, 0.3) is 5.91 Å². The molecule has 3 heterocycles. The summed E-state index contributed by atoms with van der Waals surface area (Å²) in [4.78, 5) is 30.5. The second kappa shape index (κ2) is 6.89. The molecule has 1 aromatic carbocycles. The van der Waals surface area contributed by atoms with E-state index < -0.39 is 0 Å². The van der Waals surface area contributed by atoms with Crippen molar-refractivity contribution in [3.05, 3.63) is 46.6 Å². The first-order valence-electron chi connectivity index (χ1n) is 7.98. The van der Waals surface area contributed by atoms with Gasteiger partial charge in [0.05, 0.1) is 22.6 Å². The van der Waals surface area contributed by atoms with Gasteiger partial charge in [-0.25, -0.2) is 4.98 Å². The lowest BCUT2D eigenvalue weighted by atomic mass is 10.1. The molecule has 0 unspecified atom stereocenters. The summed E-state index contributed by atoms with van der Waals surface area (Å²) in [5.41, 5.74) is 2.17. The van der Waals surface area contributed by atoms with Crippen LogP contribution in [0.3, 0.4) is 0 Å². The Morgan fingerprint density at radius 3 is 3.00 bits per heavy atom. The summed E-state index contributed by atoms with van der Waals surface area (Å²) in [6.07, 6.45) is 4.51. The Hall–Kier alpha value is -2.71. The van der Waals surface area contributed by atoms with Gasteiger partial charge >= 0.3 is 0 Å². The SMILES string of the molecule is O=C(Nc1cn[nH]c1-c1nccs1)c1ccc(Cl)c(N2CCCC2=O)c1. The molecule has 0 bridgehead atoms. The quantitative estimate of drug-likeness (QED) is 0.716. The van der Waals surface area contributed by atoms with Crippen LogP contribution in [0.2, 0.25) is 5.02 Å². The topological polar surface area (TPSA) is 91.0 Å². The lowest BCUT2D eigenvalue weighted by molar-refractivity contribution is -0.117. The lowest BCUT2D eigenvalue weighted by Gasteiger charge is -2.18. The maximum atomic E-state index is 12.7. The van der Waals surface area contributed by atoms with Gasteiger partial charge in [-0.3, -0.25) is 14.7 Å². The molecule has 26 heavy (non-hydrogen) atoms. The predicted molar refractivity (Wildman–Crippen MR) is 101 cm³/mol. The minimum absolute atomic E-state index is 0.0188. The summed E-state index contributed by atoms with van der Waals surface area (Å²) in [5, 5.41) is 12.7. The van der Waals surface area contributed by atoms with Gasteiger partial charge in [0.2, 0.25) is 5.91 Å². The number of carbonyl (C=O) groups excluding carboxylic acids is 2. The predicted octanol–water partition coefficient (Wildman–Crippen LogP) is 3.57. The van der Waals surface area contributed by atoms with Crippen molar-refractivity contribution in [3.63, 3.8) is 0 Å². The minimum atomic E-state index is -0.311. The van der Waals surface area contributed by atoms with E-state index in [4.69, 9.17) is 11.6 Å². The van der Waals surface area contributed by atoms with Gasteiger partial charge in [-0.1, -0.05) is 11.6 Å². The summed E-state index contributed by atoms with van der Waals surface area (Å²) in [7, 11) is 0. The summed E-state index contributed by atoms with van der Waals surface area (Å²) in [6, 6.07) is 4.91. The zero-order valence-electron chi connectivity index (χ0n) is 13.5. The highest BCUT2D eigenvalue weighted by atomic mass is 35.5. The fourth-order valence-corrected chi connectivity index (χ4v) is 3.71. The van der Waals surface area contributed by atoms with Gasteiger partial charge in [-0.2, -0.15) is 5.10 Å². The zero-order valence-corrected chi connectivity index (χ0v) is 15.1. The zero-order chi connectivity index (χ0) is 18.1. The smallest absolute Gasteiger partial charge is 0.255 e. The Balaban J connectivity index is 1.60. The first kappa shape index (κ1) is 16.7. The number of halogens is 1. The highest BCUT2D eigenvalue weighted by Gasteiger charge is 2.24. The highest BCUT2D eigenvalue weighted by molar-refractivity contribution is 7.13. The van der Waals surface area contributed by atoms with Crippen LogP contribution < -0.4 is 10.2 Å². The molecular weight excluding hydrogens is 374 g/mol. The van der Waals surface area contributed by atoms with E-state index in [1.807, 2.05) is 5.38 Å². The van der Waals surface area contributed by atoms with Gasteiger partial charge in [0.1, 0.15) is 10.7 Å². The fourth-order valence-electron chi connectivity index (χ4n) is 2.85. The standard InChI is InChI=1S/C17H14ClN5O2S/c18-11-4-3-10(8-13(11)23-6-1-2-14(23)24)16(25)21-12-9-20-22-15(12)17-19-5-7-26-17/h3-5,7-9H,1-2,6H2,(H,20,22)(H,21,25). The largest absolute Gasteiger partial charge is 0.319 e. The number of hydrogen-bond donors (Lipinski definition) is 2. The molecule has 2 amide bonds. The third kappa shape index (κ3) is 3.09. The van der Waals surface area contributed by atoms with E-state index in [2.05, 4.69) is 20.5 Å². The van der Waals surface area contributed by atoms with Crippen molar-refractivity contribution >= 4 is 46.1 Å². The third-order valence-corrected chi connectivity index (χ3v) is 5.22. The molecule has 132 valence electrons. The van der Waals surface area contributed by atoms with Gasteiger partial charge in [0, 0.05) is 30.1 Å². The number of nitrogens with one attached hydrogen (secondary N) is 2. The first-order chi connectivity index (χ1) is 12.6. The van der Waals surface area contributed by atoms with Crippen LogP contribution in [0.15, 0.2) is 36.0 Å². The molecule has 0 spiro atoms. The number of carbonyl (C=O) groups is 2. The number of aromatic amines is 1. The van der Waals surface area contributed by atoms with Crippen LogP contribution in [0.5, 0.6) is 0 Å². The highest BCUT2D eigenvalue weighted by Crippen LogP contribution is 2.31. The van der Waals surface area contributed by atoms with Crippen molar-refractivity contribution in [2.45, 2.75) is 12.8 Å². The Morgan fingerprint density at radius 1 is 1.38 bits per heavy atom. The van der Waals surface area contributed by atoms with E-state index >= 15 is 0 Å². The van der Waals surface area contributed by atoms with Crippen LogP contribution in [-0.2, 0) is 4.79 Å². The Morgan fingerprint density at radius 2 is 2.27 bits per heavy atom. The molecule has 2 aromatic heterocycles. The summed E-state index contributed by atoms with van der Waals surface area (Å²) in [6.45, 7) is 0.611. The number of hydrogen-bond acceptors (Lipinski definition) is 5. The van der Waals surface area contributed by atoms with E-state index in [1.165, 1.54) is 17.5 Å². The molecule has 7 nitrogen and oxygen atoms in total. The first-order valence-corrected chi connectivity index (χ1v) is 9.24. The molecule has 1 saturated heterocycles. The van der Waals surface area contributed by atoms with Crippen LogP contribution in [0.4, 0.5) is 11.4 Å². The number of nitrogens with zero attached hydrogens (tertiary/aromatic N) is 3. The number of anilines is 2. The Labute approximate surface area is 158 Å². The number of rotatable bonds is 4. The molecular formula is C17H14ClN5O2S. The maximum Gasteiger partial charge on any atom is 0.255 e. The second-order valence-electron chi connectivity index (χ2n) is 5.77. The average Bonchev–Trinajstić information content (AvgIpc) is 3.36. The number of benzene rings is 1. The summed E-state index contributed by atoms with van der Waals surface area (Å²) >= 11 is 7.68. The van der Waals surface area contributed by atoms with Crippen molar-refractivity contribution in [1.29, 1.82) is 0 Å². The van der Waals surface area contributed by atoms with Crippen LogP contribution in [0.25, 0.3) is 10.7 Å². The molecule has 0 radical (unpaired) electrons. The number of aromatic nitrogens is 3. The van der Waals surface area contributed by atoms with Crippen LogP contribution in [-0.4, -0.2) is 33.5 Å². The number of H-pyrrole nitrogens is 1. The van der Waals surface area contributed by atoms with Gasteiger partial charge in [-0.15, -0.1) is 11.3 Å². The van der Waals surface area contributed by atoms with Gasteiger partial charge < -0.3 is 10.2 Å². The van der Waals surface area contributed by atoms with E-state index in [0.717, 1.165) is 11.4 Å². The molecule has 1 aliphatic rings. The second-order valence-corrected chi connectivity index (χ2v) is 7.07. The molecule has 0 aliphatic carbocycles. The molecule has 1 aliphatic heterocycles. The molecule has 3 aromatic rings. The Kier molecular flexibility index (Phi) is 4.44. The van der Waals surface area contributed by atoms with Crippen molar-refractivity contribution in [1.82, 2.24) is 15.2 Å². The number of amides is 2. The molecule has 2 N–H and O–H groups in total. The molecule has 4 rings (SSSR count). The van der Waals surface area contributed by atoms with Gasteiger partial charge in [0.15, 0.2) is 0 Å². The Bertz CT molecular complexity index is 969. The normalized spacial score (nSPS) is 14.0. The van der Waals surface area contributed by atoms with E-state index in [-0.39, 0.29) is 11.8 Å². The monoisotopic (exact) mass is 387 g/mol. The van der Waals surface area contributed by atoms with Crippen molar-refractivity contribution in [2.24, 2.45) is 0 Å². The van der Waals surface area contributed by atoms with Crippen molar-refractivity contribution < 1.29 is 9.59 Å². The van der Waals surface area contributed by atoms with E-state index in [9.17, 15) is 9.59 Å². The molecule has 1 fully saturated rings. The van der Waals surface area contributed by atoms with Crippen LogP contribution in [0.1, 0.15) is 23.2 Å². The third-order valence-electron chi connectivity index (χ3n) is 4.11. The van der Waals surface area contributed by atoms with Crippen LogP contribution >= 0.6 is 22.9 Å².